The number of esters is 1. The molecule has 0 fully saturated rings. The summed E-state index contributed by atoms with van der Waals surface area (Å²) in [7, 11) is 0. The van der Waals surface area contributed by atoms with Crippen LogP contribution in [0.15, 0.2) is 83.9 Å². The normalized spacial score (nSPS) is 11.6. The first-order valence-corrected chi connectivity index (χ1v) is 10.00. The fourth-order valence-electron chi connectivity index (χ4n) is 3.24. The Bertz CT molecular complexity index is 937. The Hall–Kier alpha value is -3.20. The molecule has 0 spiro atoms. The topological polar surface area (TPSA) is 38.7 Å². The lowest BCUT2D eigenvalue weighted by molar-refractivity contribution is -0.144. The molecule has 0 aliphatic rings. The van der Waals surface area contributed by atoms with Gasteiger partial charge in [0.05, 0.1) is 12.3 Å². The van der Waals surface area contributed by atoms with Crippen LogP contribution in [0.5, 0.6) is 0 Å². The lowest BCUT2D eigenvalue weighted by atomic mass is 9.99. The van der Waals surface area contributed by atoms with Crippen molar-refractivity contribution in [1.29, 1.82) is 0 Å². The Labute approximate surface area is 173 Å². The summed E-state index contributed by atoms with van der Waals surface area (Å²) < 4.78 is 5.36. The first-order chi connectivity index (χ1) is 14.1. The summed E-state index contributed by atoms with van der Waals surface area (Å²) in [6.45, 7) is 6.33. The molecule has 3 aromatic rings. The van der Waals surface area contributed by atoms with E-state index >= 15 is 0 Å². The second-order valence-electron chi connectivity index (χ2n) is 7.10. The van der Waals surface area contributed by atoms with Gasteiger partial charge in [-0.05, 0) is 37.5 Å². The Kier molecular flexibility index (Phi) is 6.96. The standard InChI is InChI=1S/C26H27NO2/c1-4-29-26(28)24(18-21-16-15-19(2)20(3)17-21)27-25(22-11-7-5-8-12-22)23-13-9-6-10-14-23/h5-17,24H,4,18H2,1-3H3. The van der Waals surface area contributed by atoms with Crippen LogP contribution >= 0.6 is 0 Å². The van der Waals surface area contributed by atoms with E-state index in [2.05, 4.69) is 32.0 Å². The van der Waals surface area contributed by atoms with Crippen molar-refractivity contribution in [2.45, 2.75) is 33.2 Å². The van der Waals surface area contributed by atoms with Crippen LogP contribution in [0.25, 0.3) is 0 Å². The van der Waals surface area contributed by atoms with Gasteiger partial charge in [0.15, 0.2) is 6.04 Å². The Morgan fingerprint density at radius 3 is 1.97 bits per heavy atom. The highest BCUT2D eigenvalue weighted by molar-refractivity contribution is 6.13. The molecular formula is C26H27NO2. The highest BCUT2D eigenvalue weighted by Gasteiger charge is 2.21. The van der Waals surface area contributed by atoms with Gasteiger partial charge in [-0.2, -0.15) is 0 Å². The van der Waals surface area contributed by atoms with E-state index in [0.717, 1.165) is 22.4 Å². The lowest BCUT2D eigenvalue weighted by Crippen LogP contribution is -2.26. The maximum atomic E-state index is 12.8. The molecule has 0 amide bonds. The van der Waals surface area contributed by atoms with Gasteiger partial charge in [-0.3, -0.25) is 4.99 Å². The molecule has 3 aromatic carbocycles. The fourth-order valence-corrected chi connectivity index (χ4v) is 3.24. The minimum Gasteiger partial charge on any atom is -0.464 e. The summed E-state index contributed by atoms with van der Waals surface area (Å²) in [6, 6.07) is 25.6. The van der Waals surface area contributed by atoms with Gasteiger partial charge >= 0.3 is 5.97 Å². The van der Waals surface area contributed by atoms with Crippen LogP contribution in [0.1, 0.15) is 34.7 Å². The van der Waals surface area contributed by atoms with Crippen molar-refractivity contribution < 1.29 is 9.53 Å². The zero-order chi connectivity index (χ0) is 20.6. The smallest absolute Gasteiger partial charge is 0.331 e. The number of ether oxygens (including phenoxy) is 1. The van der Waals surface area contributed by atoms with Crippen molar-refractivity contribution in [3.63, 3.8) is 0 Å². The largest absolute Gasteiger partial charge is 0.464 e. The summed E-state index contributed by atoms with van der Waals surface area (Å²) in [4.78, 5) is 17.7. The van der Waals surface area contributed by atoms with Crippen LogP contribution < -0.4 is 0 Å². The summed E-state index contributed by atoms with van der Waals surface area (Å²) in [5.74, 6) is -0.296. The number of aryl methyl sites for hydroxylation is 2. The van der Waals surface area contributed by atoms with E-state index in [4.69, 9.17) is 9.73 Å². The molecule has 0 saturated carbocycles. The van der Waals surface area contributed by atoms with E-state index in [1.54, 1.807) is 0 Å². The number of hydrogen-bond donors (Lipinski definition) is 0. The monoisotopic (exact) mass is 385 g/mol. The van der Waals surface area contributed by atoms with Crippen molar-refractivity contribution in [2.75, 3.05) is 6.61 Å². The van der Waals surface area contributed by atoms with E-state index in [1.165, 1.54) is 11.1 Å². The molecule has 29 heavy (non-hydrogen) atoms. The molecule has 0 saturated heterocycles. The van der Waals surface area contributed by atoms with E-state index in [1.807, 2.05) is 67.6 Å². The highest BCUT2D eigenvalue weighted by atomic mass is 16.5. The maximum absolute atomic E-state index is 12.8. The van der Waals surface area contributed by atoms with E-state index in [9.17, 15) is 4.79 Å². The number of nitrogens with zero attached hydrogens (tertiary/aromatic N) is 1. The Balaban J connectivity index is 2.04. The molecule has 1 atom stereocenters. The van der Waals surface area contributed by atoms with Crippen molar-refractivity contribution in [3.8, 4) is 0 Å². The van der Waals surface area contributed by atoms with Gasteiger partial charge in [0.25, 0.3) is 0 Å². The Morgan fingerprint density at radius 1 is 0.862 bits per heavy atom. The lowest BCUT2D eigenvalue weighted by Gasteiger charge is -2.16. The first kappa shape index (κ1) is 20.5. The van der Waals surface area contributed by atoms with Gasteiger partial charge in [0.1, 0.15) is 0 Å². The predicted molar refractivity (Wildman–Crippen MR) is 119 cm³/mol. The second-order valence-corrected chi connectivity index (χ2v) is 7.10. The average molecular weight is 386 g/mol. The van der Waals surface area contributed by atoms with Crippen LogP contribution in [0.2, 0.25) is 0 Å². The number of carbonyl (C=O) groups excluding carboxylic acids is 1. The van der Waals surface area contributed by atoms with Gasteiger partial charge in [-0.1, -0.05) is 78.9 Å². The molecule has 0 N–H and O–H groups in total. The van der Waals surface area contributed by atoms with Gasteiger partial charge in [-0.25, -0.2) is 4.79 Å². The Morgan fingerprint density at radius 2 is 1.45 bits per heavy atom. The zero-order valence-corrected chi connectivity index (χ0v) is 17.3. The third kappa shape index (κ3) is 5.41. The highest BCUT2D eigenvalue weighted by Crippen LogP contribution is 2.17. The van der Waals surface area contributed by atoms with Crippen molar-refractivity contribution in [2.24, 2.45) is 4.99 Å². The van der Waals surface area contributed by atoms with E-state index in [-0.39, 0.29) is 5.97 Å². The van der Waals surface area contributed by atoms with E-state index in [0.29, 0.717) is 13.0 Å². The number of rotatable bonds is 7. The number of carbonyl (C=O) groups is 1. The second kappa shape index (κ2) is 9.83. The zero-order valence-electron chi connectivity index (χ0n) is 17.3. The van der Waals surface area contributed by atoms with Crippen LogP contribution in [-0.4, -0.2) is 24.3 Å². The maximum Gasteiger partial charge on any atom is 0.331 e. The molecule has 0 radical (unpaired) electrons. The van der Waals surface area contributed by atoms with Crippen molar-refractivity contribution in [1.82, 2.24) is 0 Å². The molecule has 0 aliphatic heterocycles. The van der Waals surface area contributed by atoms with Crippen molar-refractivity contribution in [3.05, 3.63) is 107 Å². The minimum absolute atomic E-state index is 0.296. The van der Waals surface area contributed by atoms with Crippen LogP contribution in [0.3, 0.4) is 0 Å². The molecule has 148 valence electrons. The number of benzene rings is 3. The summed E-state index contributed by atoms with van der Waals surface area (Å²) in [6.07, 6.45) is 0.503. The molecule has 0 aliphatic carbocycles. The summed E-state index contributed by atoms with van der Waals surface area (Å²) >= 11 is 0. The molecular weight excluding hydrogens is 358 g/mol. The van der Waals surface area contributed by atoms with Gasteiger partial charge < -0.3 is 4.74 Å². The average Bonchev–Trinajstić information content (AvgIpc) is 2.75. The van der Waals surface area contributed by atoms with Gasteiger partial charge in [0, 0.05) is 17.5 Å². The predicted octanol–water partition coefficient (Wildman–Crippen LogP) is 5.32. The van der Waals surface area contributed by atoms with Crippen molar-refractivity contribution >= 4 is 11.7 Å². The summed E-state index contributed by atoms with van der Waals surface area (Å²) in [5.41, 5.74) is 6.28. The fraction of sp³-hybridized carbons (Fsp3) is 0.231. The third-order valence-electron chi connectivity index (χ3n) is 4.94. The van der Waals surface area contributed by atoms with Crippen LogP contribution in [-0.2, 0) is 16.0 Å². The summed E-state index contributed by atoms with van der Waals surface area (Å²) in [5, 5.41) is 0. The molecule has 0 heterocycles. The van der Waals surface area contributed by atoms with Gasteiger partial charge in [-0.15, -0.1) is 0 Å². The SMILES string of the molecule is CCOC(=O)C(Cc1ccc(C)c(C)c1)N=C(c1ccccc1)c1ccccc1. The molecule has 3 rings (SSSR count). The quantitative estimate of drug-likeness (QED) is 0.408. The molecule has 3 nitrogen and oxygen atoms in total. The molecule has 0 aromatic heterocycles. The van der Waals surface area contributed by atoms with Gasteiger partial charge in [0.2, 0.25) is 0 Å². The number of aliphatic imine (C=N–C) groups is 1. The minimum atomic E-state index is -0.604. The van der Waals surface area contributed by atoms with Crippen LogP contribution in [0, 0.1) is 13.8 Å². The molecule has 3 heteroatoms. The molecule has 1 unspecified atom stereocenters. The first-order valence-electron chi connectivity index (χ1n) is 10.00. The van der Waals surface area contributed by atoms with Crippen LogP contribution in [0.4, 0.5) is 0 Å². The van der Waals surface area contributed by atoms with E-state index < -0.39 is 6.04 Å². The third-order valence-corrected chi connectivity index (χ3v) is 4.94. The number of hydrogen-bond acceptors (Lipinski definition) is 3. The molecule has 0 bridgehead atoms.